The van der Waals surface area contributed by atoms with Gasteiger partial charge >= 0.3 is 0 Å². The van der Waals surface area contributed by atoms with Gasteiger partial charge in [-0.25, -0.2) is 0 Å². The van der Waals surface area contributed by atoms with Crippen LogP contribution >= 0.6 is 0 Å². The van der Waals surface area contributed by atoms with Crippen molar-refractivity contribution in [1.29, 1.82) is 0 Å². The van der Waals surface area contributed by atoms with Crippen LogP contribution in [-0.4, -0.2) is 46.5 Å². The molecule has 0 atom stereocenters. The third-order valence-corrected chi connectivity index (χ3v) is 6.47. The molecular weight excluding hydrogens is 426 g/mol. The summed E-state index contributed by atoms with van der Waals surface area (Å²) in [7, 11) is 0. The Labute approximate surface area is 204 Å². The van der Waals surface area contributed by atoms with Crippen LogP contribution in [0.4, 0.5) is 5.69 Å². The van der Waals surface area contributed by atoms with Crippen LogP contribution in [0.5, 0.6) is 0 Å². The molecule has 7 heteroatoms. The van der Waals surface area contributed by atoms with Crippen molar-refractivity contribution in [2.45, 2.75) is 79.3 Å². The van der Waals surface area contributed by atoms with Crippen LogP contribution in [0.2, 0.25) is 0 Å². The van der Waals surface area contributed by atoms with Gasteiger partial charge in [0.1, 0.15) is 0 Å². The molecule has 0 saturated heterocycles. The predicted molar refractivity (Wildman–Crippen MR) is 137 cm³/mol. The van der Waals surface area contributed by atoms with Crippen LogP contribution in [0.15, 0.2) is 24.3 Å². The number of nitrogens with zero attached hydrogens (tertiary/aromatic N) is 3. The molecule has 1 aromatic carbocycles. The molecule has 2 aromatic rings. The number of hydrogen-bond donors (Lipinski definition) is 2. The number of amides is 2. The van der Waals surface area contributed by atoms with Crippen LogP contribution in [0.3, 0.4) is 0 Å². The van der Waals surface area contributed by atoms with Crippen LogP contribution in [0, 0.1) is 12.8 Å². The molecule has 1 aromatic heterocycles. The number of carbonyl (C=O) groups is 2. The highest BCUT2D eigenvalue weighted by Gasteiger charge is 2.20. The van der Waals surface area contributed by atoms with Crippen molar-refractivity contribution in [3.63, 3.8) is 0 Å². The summed E-state index contributed by atoms with van der Waals surface area (Å²) in [6.07, 6.45) is 6.90. The lowest BCUT2D eigenvalue weighted by molar-refractivity contribution is -0.116. The predicted octanol–water partition coefficient (Wildman–Crippen LogP) is 4.81. The molecular formula is C27H41N5O2. The van der Waals surface area contributed by atoms with Crippen molar-refractivity contribution in [2.75, 3.05) is 24.5 Å². The van der Waals surface area contributed by atoms with Crippen molar-refractivity contribution in [3.05, 3.63) is 46.8 Å². The van der Waals surface area contributed by atoms with E-state index in [2.05, 4.69) is 34.3 Å². The van der Waals surface area contributed by atoms with Crippen LogP contribution < -0.4 is 10.2 Å². The van der Waals surface area contributed by atoms with E-state index in [0.29, 0.717) is 18.0 Å². The molecule has 0 saturated carbocycles. The summed E-state index contributed by atoms with van der Waals surface area (Å²) in [6, 6.07) is 7.70. The van der Waals surface area contributed by atoms with E-state index in [1.807, 2.05) is 36.1 Å². The highest BCUT2D eigenvalue weighted by molar-refractivity contribution is 5.97. The Balaban J connectivity index is 1.87. The monoisotopic (exact) mass is 467 g/mol. The smallest absolute Gasteiger partial charge is 0.251 e. The van der Waals surface area contributed by atoms with Crippen molar-refractivity contribution in [1.82, 2.24) is 20.4 Å². The summed E-state index contributed by atoms with van der Waals surface area (Å²) >= 11 is 0. The third kappa shape index (κ3) is 7.69. The van der Waals surface area contributed by atoms with Gasteiger partial charge in [-0.2, -0.15) is 5.10 Å². The second-order valence-electron chi connectivity index (χ2n) is 9.97. The van der Waals surface area contributed by atoms with Gasteiger partial charge < -0.3 is 10.2 Å². The summed E-state index contributed by atoms with van der Waals surface area (Å²) in [5, 5.41) is 10.1. The van der Waals surface area contributed by atoms with Crippen molar-refractivity contribution >= 4 is 17.5 Å². The Morgan fingerprint density at radius 2 is 1.82 bits per heavy atom. The second kappa shape index (κ2) is 12.7. The lowest BCUT2D eigenvalue weighted by atomic mass is 10.0. The normalized spacial score (nSPS) is 16.0. The van der Waals surface area contributed by atoms with Crippen LogP contribution in [-0.2, 0) is 17.9 Å². The number of aromatic nitrogens is 2. The maximum absolute atomic E-state index is 13.0. The number of H-pyrrole nitrogens is 1. The SMILES string of the molecule is CC(=O)N1CCCCCCCN(CCC(C)C)Cc2cc(C(=O)NCc3cc(C)[nH]n3)ccc21. The standard InChI is InChI=1S/C27H41N5O2/c1-20(2)12-15-31-13-8-6-5-7-9-14-32(22(4)33)26-11-10-23(17-24(26)19-31)27(34)28-18-25-16-21(3)29-30-25/h10-11,16-17,20H,5-9,12-15,18-19H2,1-4H3,(H,28,34)(H,29,30). The number of fused-ring (bicyclic) bond motifs is 1. The first-order valence-electron chi connectivity index (χ1n) is 12.8. The van der Waals surface area contributed by atoms with E-state index in [0.717, 1.165) is 68.1 Å². The maximum atomic E-state index is 13.0. The molecule has 34 heavy (non-hydrogen) atoms. The van der Waals surface area contributed by atoms with Crippen molar-refractivity contribution in [2.24, 2.45) is 5.92 Å². The van der Waals surface area contributed by atoms with E-state index in [4.69, 9.17) is 0 Å². The Morgan fingerprint density at radius 1 is 1.09 bits per heavy atom. The number of aromatic amines is 1. The number of carbonyl (C=O) groups excluding carboxylic acids is 2. The van der Waals surface area contributed by atoms with Gasteiger partial charge in [0.15, 0.2) is 0 Å². The molecule has 0 spiro atoms. The number of rotatable bonds is 6. The fraction of sp³-hybridized carbons (Fsp3) is 0.593. The van der Waals surface area contributed by atoms with Crippen LogP contribution in [0.25, 0.3) is 0 Å². The third-order valence-electron chi connectivity index (χ3n) is 6.47. The minimum atomic E-state index is -0.127. The molecule has 1 aliphatic rings. The fourth-order valence-corrected chi connectivity index (χ4v) is 4.49. The van der Waals surface area contributed by atoms with E-state index in [1.165, 1.54) is 19.3 Å². The Bertz CT molecular complexity index is 952. The zero-order valence-corrected chi connectivity index (χ0v) is 21.3. The Kier molecular flexibility index (Phi) is 9.69. The average molecular weight is 468 g/mol. The van der Waals surface area contributed by atoms with Gasteiger partial charge in [-0.1, -0.05) is 33.1 Å². The number of benzene rings is 1. The van der Waals surface area contributed by atoms with Gasteiger partial charge in [-0.15, -0.1) is 0 Å². The minimum absolute atomic E-state index is 0.0538. The molecule has 0 unspecified atom stereocenters. The van der Waals surface area contributed by atoms with Gasteiger partial charge in [-0.3, -0.25) is 19.6 Å². The van der Waals surface area contributed by atoms with Gasteiger partial charge in [0.25, 0.3) is 5.91 Å². The first-order chi connectivity index (χ1) is 16.3. The quantitative estimate of drug-likeness (QED) is 0.639. The minimum Gasteiger partial charge on any atom is -0.346 e. The molecule has 0 radical (unpaired) electrons. The molecule has 2 amide bonds. The molecule has 2 N–H and O–H groups in total. The molecule has 1 aliphatic heterocycles. The summed E-state index contributed by atoms with van der Waals surface area (Å²) in [5.74, 6) is 0.563. The number of hydrogen-bond acceptors (Lipinski definition) is 4. The highest BCUT2D eigenvalue weighted by atomic mass is 16.2. The second-order valence-corrected chi connectivity index (χ2v) is 9.97. The fourth-order valence-electron chi connectivity index (χ4n) is 4.49. The summed E-state index contributed by atoms with van der Waals surface area (Å²) in [5.41, 5.74) is 4.37. The molecule has 0 fully saturated rings. The first-order valence-corrected chi connectivity index (χ1v) is 12.8. The molecule has 0 bridgehead atoms. The molecule has 186 valence electrons. The van der Waals surface area contributed by atoms with E-state index in [1.54, 1.807) is 6.92 Å². The van der Waals surface area contributed by atoms with Crippen molar-refractivity contribution in [3.8, 4) is 0 Å². The van der Waals surface area contributed by atoms with Crippen molar-refractivity contribution < 1.29 is 9.59 Å². The first kappa shape index (κ1) is 25.9. The van der Waals surface area contributed by atoms with Crippen LogP contribution in [0.1, 0.15) is 86.6 Å². The maximum Gasteiger partial charge on any atom is 0.251 e. The zero-order valence-electron chi connectivity index (χ0n) is 21.3. The van der Waals surface area contributed by atoms with E-state index in [-0.39, 0.29) is 11.8 Å². The Hall–Kier alpha value is -2.67. The lowest BCUT2D eigenvalue weighted by Crippen LogP contribution is -2.33. The number of aryl methyl sites for hydroxylation is 1. The van der Waals surface area contributed by atoms with Gasteiger partial charge in [-0.05, 0) is 75.0 Å². The molecule has 2 heterocycles. The zero-order chi connectivity index (χ0) is 24.5. The van der Waals surface area contributed by atoms with Gasteiger partial charge in [0, 0.05) is 37.0 Å². The van der Waals surface area contributed by atoms with Gasteiger partial charge in [0.2, 0.25) is 5.91 Å². The summed E-state index contributed by atoms with van der Waals surface area (Å²) in [4.78, 5) is 29.9. The molecule has 0 aliphatic carbocycles. The van der Waals surface area contributed by atoms with E-state index >= 15 is 0 Å². The summed E-state index contributed by atoms with van der Waals surface area (Å²) in [6.45, 7) is 12.0. The van der Waals surface area contributed by atoms with E-state index < -0.39 is 0 Å². The number of nitrogens with one attached hydrogen (secondary N) is 2. The Morgan fingerprint density at radius 3 is 2.50 bits per heavy atom. The van der Waals surface area contributed by atoms with E-state index in [9.17, 15) is 9.59 Å². The molecule has 3 rings (SSSR count). The topological polar surface area (TPSA) is 81.3 Å². The number of anilines is 1. The average Bonchev–Trinajstić information content (AvgIpc) is 3.21. The van der Waals surface area contributed by atoms with Gasteiger partial charge in [0.05, 0.1) is 12.2 Å². The summed E-state index contributed by atoms with van der Waals surface area (Å²) < 4.78 is 0. The highest BCUT2D eigenvalue weighted by Crippen LogP contribution is 2.26. The largest absolute Gasteiger partial charge is 0.346 e. The molecule has 7 nitrogen and oxygen atoms in total. The lowest BCUT2D eigenvalue weighted by Gasteiger charge is -2.29.